The highest BCUT2D eigenvalue weighted by Gasteiger charge is 2.51. The van der Waals surface area contributed by atoms with Gasteiger partial charge in [0.15, 0.2) is 11.6 Å². The van der Waals surface area contributed by atoms with Gasteiger partial charge in [0.05, 0.1) is 12.1 Å². The fraction of sp³-hybridized carbons (Fsp3) is 0.320. The number of hydrogen-bond acceptors (Lipinski definition) is 6. The highest BCUT2D eigenvalue weighted by atomic mass is 19.4. The molecule has 0 aliphatic carbocycles. The molecule has 194 valence electrons. The van der Waals surface area contributed by atoms with E-state index < -0.39 is 29.1 Å². The van der Waals surface area contributed by atoms with Crippen LogP contribution in [0.1, 0.15) is 42.3 Å². The number of aryl methyl sites for hydroxylation is 2. The van der Waals surface area contributed by atoms with E-state index in [1.807, 2.05) is 20.2 Å². The molecule has 3 heterocycles. The number of nitrogens with zero attached hydrogens (tertiary/aromatic N) is 5. The first kappa shape index (κ1) is 26.0. The van der Waals surface area contributed by atoms with E-state index in [1.54, 1.807) is 23.1 Å². The summed E-state index contributed by atoms with van der Waals surface area (Å²) in [6.07, 6.45) is 0.698. The third-order valence-electron chi connectivity index (χ3n) is 6.01. The van der Waals surface area contributed by atoms with E-state index in [1.165, 1.54) is 12.1 Å². The van der Waals surface area contributed by atoms with E-state index in [0.717, 1.165) is 31.2 Å². The standard InChI is InChI=1S/C25H24F4N6O2/c1-14-17(13-35(4)33-14)8-21-30-11-18(12-31-21)15-5-6-16(19(26)7-15)9-23(36)32-22-10-20(37-34-22)24(2,3)25(27,28)29/h5-7,10-13H,8-9H2,1-4H3,(H,32,34,36). The Labute approximate surface area is 209 Å². The van der Waals surface area contributed by atoms with Gasteiger partial charge in [0.1, 0.15) is 17.1 Å². The van der Waals surface area contributed by atoms with Crippen LogP contribution < -0.4 is 5.32 Å². The first-order valence-corrected chi connectivity index (χ1v) is 11.3. The fourth-order valence-electron chi connectivity index (χ4n) is 3.59. The lowest BCUT2D eigenvalue weighted by atomic mass is 9.89. The first-order chi connectivity index (χ1) is 17.3. The zero-order valence-electron chi connectivity index (χ0n) is 20.5. The zero-order chi connectivity index (χ0) is 27.0. The van der Waals surface area contributed by atoms with Crippen LogP contribution in [-0.4, -0.2) is 37.0 Å². The highest BCUT2D eigenvalue weighted by Crippen LogP contribution is 2.41. The third-order valence-corrected chi connectivity index (χ3v) is 6.01. The molecule has 0 unspecified atom stereocenters. The second kappa shape index (κ2) is 9.75. The van der Waals surface area contributed by atoms with Crippen molar-refractivity contribution in [2.75, 3.05) is 5.32 Å². The quantitative estimate of drug-likeness (QED) is 0.350. The summed E-state index contributed by atoms with van der Waals surface area (Å²) in [5.74, 6) is -1.32. The molecule has 0 atom stereocenters. The van der Waals surface area contributed by atoms with E-state index in [-0.39, 0.29) is 17.8 Å². The molecule has 3 aromatic heterocycles. The van der Waals surface area contributed by atoms with Crippen LogP contribution in [-0.2, 0) is 30.1 Å². The molecule has 0 aliphatic rings. The Morgan fingerprint density at radius 3 is 2.38 bits per heavy atom. The van der Waals surface area contributed by atoms with Crippen molar-refractivity contribution in [1.29, 1.82) is 0 Å². The summed E-state index contributed by atoms with van der Waals surface area (Å²) in [7, 11) is 1.84. The lowest BCUT2D eigenvalue weighted by molar-refractivity contribution is -0.185. The van der Waals surface area contributed by atoms with Gasteiger partial charge in [-0.25, -0.2) is 14.4 Å². The number of amides is 1. The van der Waals surface area contributed by atoms with Gasteiger partial charge in [-0.15, -0.1) is 0 Å². The zero-order valence-corrected chi connectivity index (χ0v) is 20.5. The van der Waals surface area contributed by atoms with E-state index in [2.05, 4.69) is 25.5 Å². The largest absolute Gasteiger partial charge is 0.401 e. The minimum absolute atomic E-state index is 0.102. The minimum atomic E-state index is -4.57. The van der Waals surface area contributed by atoms with Crippen LogP contribution in [0.3, 0.4) is 0 Å². The number of nitrogens with one attached hydrogen (secondary N) is 1. The molecule has 12 heteroatoms. The molecule has 0 bridgehead atoms. The molecule has 4 aromatic rings. The number of carbonyl (C=O) groups is 1. The van der Waals surface area contributed by atoms with Crippen molar-refractivity contribution in [2.45, 2.75) is 45.2 Å². The van der Waals surface area contributed by atoms with Crippen LogP contribution in [0, 0.1) is 12.7 Å². The molecule has 1 amide bonds. The molecular weight excluding hydrogens is 492 g/mol. The Kier molecular flexibility index (Phi) is 6.85. The lowest BCUT2D eigenvalue weighted by Gasteiger charge is -2.24. The number of halogens is 4. The molecular formula is C25H24F4N6O2. The Bertz CT molecular complexity index is 1420. The summed E-state index contributed by atoms with van der Waals surface area (Å²) in [5, 5.41) is 10.1. The van der Waals surface area contributed by atoms with Crippen LogP contribution in [0.25, 0.3) is 11.1 Å². The van der Waals surface area contributed by atoms with Crippen molar-refractivity contribution in [3.05, 3.63) is 77.1 Å². The number of rotatable bonds is 7. The predicted octanol–water partition coefficient (Wildman–Crippen LogP) is 4.92. The minimum Gasteiger partial charge on any atom is -0.358 e. The molecule has 0 fully saturated rings. The Hall–Kier alpha value is -4.09. The monoisotopic (exact) mass is 516 g/mol. The second-order valence-electron chi connectivity index (χ2n) is 9.21. The second-order valence-corrected chi connectivity index (χ2v) is 9.21. The normalized spacial score (nSPS) is 12.1. The smallest absolute Gasteiger partial charge is 0.358 e. The Morgan fingerprint density at radius 2 is 1.78 bits per heavy atom. The van der Waals surface area contributed by atoms with E-state index >= 15 is 0 Å². The van der Waals surface area contributed by atoms with Gasteiger partial charge in [-0.2, -0.15) is 18.3 Å². The predicted molar refractivity (Wildman–Crippen MR) is 126 cm³/mol. The van der Waals surface area contributed by atoms with Gasteiger partial charge in [0, 0.05) is 49.3 Å². The molecule has 0 radical (unpaired) electrons. The molecule has 4 rings (SSSR count). The van der Waals surface area contributed by atoms with Gasteiger partial charge < -0.3 is 9.84 Å². The Morgan fingerprint density at radius 1 is 1.08 bits per heavy atom. The number of hydrogen-bond donors (Lipinski definition) is 1. The Balaban J connectivity index is 1.40. The van der Waals surface area contributed by atoms with Crippen molar-refractivity contribution >= 4 is 11.7 Å². The number of anilines is 1. The summed E-state index contributed by atoms with van der Waals surface area (Å²) in [5.41, 5.74) is 0.848. The van der Waals surface area contributed by atoms with E-state index in [4.69, 9.17) is 4.52 Å². The third kappa shape index (κ3) is 5.68. The van der Waals surface area contributed by atoms with Gasteiger partial charge in [-0.1, -0.05) is 17.3 Å². The average molecular weight is 516 g/mol. The number of alkyl halides is 3. The molecule has 8 nitrogen and oxygen atoms in total. The molecule has 0 saturated carbocycles. The van der Waals surface area contributed by atoms with Crippen molar-refractivity contribution in [3.8, 4) is 11.1 Å². The van der Waals surface area contributed by atoms with Crippen LogP contribution in [0.2, 0.25) is 0 Å². The van der Waals surface area contributed by atoms with Crippen LogP contribution in [0.5, 0.6) is 0 Å². The van der Waals surface area contributed by atoms with Gasteiger partial charge in [-0.3, -0.25) is 9.48 Å². The number of benzene rings is 1. The van der Waals surface area contributed by atoms with Gasteiger partial charge in [0.2, 0.25) is 5.91 Å². The van der Waals surface area contributed by atoms with Gasteiger partial charge in [0.25, 0.3) is 0 Å². The fourth-order valence-corrected chi connectivity index (χ4v) is 3.59. The van der Waals surface area contributed by atoms with Crippen molar-refractivity contribution in [3.63, 3.8) is 0 Å². The molecule has 1 N–H and O–H groups in total. The summed E-state index contributed by atoms with van der Waals surface area (Å²) >= 11 is 0. The van der Waals surface area contributed by atoms with Gasteiger partial charge in [-0.05, 0) is 38.0 Å². The summed E-state index contributed by atoms with van der Waals surface area (Å²) in [6.45, 7) is 3.79. The van der Waals surface area contributed by atoms with Crippen LogP contribution >= 0.6 is 0 Å². The summed E-state index contributed by atoms with van der Waals surface area (Å²) < 4.78 is 60.8. The van der Waals surface area contributed by atoms with Gasteiger partial charge >= 0.3 is 6.18 Å². The topological polar surface area (TPSA) is 98.7 Å². The summed E-state index contributed by atoms with van der Waals surface area (Å²) in [4.78, 5) is 21.1. The maximum atomic E-state index is 14.8. The molecule has 0 saturated heterocycles. The SMILES string of the molecule is Cc1nn(C)cc1Cc1ncc(-c2ccc(CC(=O)Nc3cc(C(C)(C)C(F)(F)F)on3)c(F)c2)cn1. The molecule has 37 heavy (non-hydrogen) atoms. The van der Waals surface area contributed by atoms with Crippen molar-refractivity contribution < 1.29 is 26.9 Å². The van der Waals surface area contributed by atoms with Crippen LogP contribution in [0.15, 0.2) is 47.4 Å². The van der Waals surface area contributed by atoms with Crippen molar-refractivity contribution in [1.82, 2.24) is 24.9 Å². The maximum absolute atomic E-state index is 14.8. The molecule has 1 aromatic carbocycles. The average Bonchev–Trinajstić information content (AvgIpc) is 3.41. The maximum Gasteiger partial charge on any atom is 0.401 e. The number of carbonyl (C=O) groups excluding carboxylic acids is 1. The van der Waals surface area contributed by atoms with E-state index in [0.29, 0.717) is 23.4 Å². The lowest BCUT2D eigenvalue weighted by Crippen LogP contribution is -2.35. The highest BCUT2D eigenvalue weighted by molar-refractivity contribution is 5.91. The molecule has 0 spiro atoms. The number of aromatic nitrogens is 5. The van der Waals surface area contributed by atoms with Crippen LogP contribution in [0.4, 0.5) is 23.4 Å². The molecule has 0 aliphatic heterocycles. The van der Waals surface area contributed by atoms with Crippen molar-refractivity contribution in [2.24, 2.45) is 7.05 Å². The summed E-state index contributed by atoms with van der Waals surface area (Å²) in [6, 6.07) is 5.37. The van der Waals surface area contributed by atoms with E-state index in [9.17, 15) is 22.4 Å². The first-order valence-electron chi connectivity index (χ1n) is 11.3.